The molecule has 1 N–H and O–H groups in total. The summed E-state index contributed by atoms with van der Waals surface area (Å²) in [6, 6.07) is 11.0. The Bertz CT molecular complexity index is 905. The number of halogens is 2. The number of carbonyl (C=O) groups is 1. The maximum absolute atomic E-state index is 13.3. The number of hydrogen-bond donors (Lipinski definition) is 1. The van der Waals surface area contributed by atoms with Crippen LogP contribution in [0, 0.1) is 5.82 Å². The van der Waals surface area contributed by atoms with Crippen molar-refractivity contribution in [3.05, 3.63) is 59.0 Å². The highest BCUT2D eigenvalue weighted by atomic mass is 35.5. The molecule has 1 amide bonds. The lowest BCUT2D eigenvalue weighted by Gasteiger charge is -2.11. The number of aromatic nitrogens is 1. The van der Waals surface area contributed by atoms with E-state index in [4.69, 9.17) is 16.3 Å². The van der Waals surface area contributed by atoms with Crippen LogP contribution in [0.15, 0.2) is 42.5 Å². The van der Waals surface area contributed by atoms with Crippen molar-refractivity contribution in [2.45, 2.75) is 0 Å². The number of fused-ring (bicyclic) bond motifs is 1. The molecule has 0 spiro atoms. The van der Waals surface area contributed by atoms with E-state index in [1.54, 1.807) is 41.9 Å². The summed E-state index contributed by atoms with van der Waals surface area (Å²) in [5.74, 6) is -0.163. The Labute approximate surface area is 137 Å². The Hall–Kier alpha value is -2.53. The molecule has 4 nitrogen and oxygen atoms in total. The molecule has 0 saturated heterocycles. The predicted molar refractivity (Wildman–Crippen MR) is 88.8 cm³/mol. The minimum Gasteiger partial charge on any atom is -0.495 e. The van der Waals surface area contributed by atoms with Gasteiger partial charge in [0.25, 0.3) is 5.91 Å². The number of aryl methyl sites for hydroxylation is 1. The maximum Gasteiger partial charge on any atom is 0.272 e. The molecule has 0 aliphatic carbocycles. The van der Waals surface area contributed by atoms with E-state index in [2.05, 4.69) is 5.32 Å². The Morgan fingerprint density at radius 1 is 1.22 bits per heavy atom. The number of methoxy groups -OCH3 is 1. The van der Waals surface area contributed by atoms with Gasteiger partial charge in [0.05, 0.1) is 12.8 Å². The van der Waals surface area contributed by atoms with Crippen molar-refractivity contribution in [1.82, 2.24) is 4.57 Å². The molecule has 6 heteroatoms. The largest absolute Gasteiger partial charge is 0.495 e. The molecule has 3 rings (SSSR count). The number of hydrogen-bond acceptors (Lipinski definition) is 2. The van der Waals surface area contributed by atoms with Crippen molar-refractivity contribution in [1.29, 1.82) is 0 Å². The molecule has 118 valence electrons. The van der Waals surface area contributed by atoms with Crippen molar-refractivity contribution in [3.8, 4) is 5.75 Å². The molecular formula is C17H14ClFN2O2. The summed E-state index contributed by atoms with van der Waals surface area (Å²) in [4.78, 5) is 12.5. The smallest absolute Gasteiger partial charge is 0.272 e. The Morgan fingerprint density at radius 3 is 2.74 bits per heavy atom. The first kappa shape index (κ1) is 15.4. The zero-order chi connectivity index (χ0) is 16.6. The van der Waals surface area contributed by atoms with Crippen molar-refractivity contribution in [2.24, 2.45) is 7.05 Å². The highest BCUT2D eigenvalue weighted by molar-refractivity contribution is 6.31. The second-order valence-corrected chi connectivity index (χ2v) is 5.53. The van der Waals surface area contributed by atoms with Gasteiger partial charge in [-0.15, -0.1) is 0 Å². The molecule has 0 bridgehead atoms. The van der Waals surface area contributed by atoms with Crippen LogP contribution in [-0.2, 0) is 7.05 Å². The van der Waals surface area contributed by atoms with Crippen LogP contribution >= 0.6 is 11.6 Å². The van der Waals surface area contributed by atoms with Gasteiger partial charge >= 0.3 is 0 Å². The third kappa shape index (κ3) is 2.87. The zero-order valence-electron chi connectivity index (χ0n) is 12.6. The normalized spacial score (nSPS) is 10.8. The topological polar surface area (TPSA) is 43.3 Å². The van der Waals surface area contributed by atoms with Gasteiger partial charge in [0.2, 0.25) is 0 Å². The molecule has 3 aromatic rings. The number of amides is 1. The number of ether oxygens (including phenoxy) is 1. The molecule has 2 aromatic carbocycles. The summed E-state index contributed by atoms with van der Waals surface area (Å²) >= 11 is 5.96. The van der Waals surface area contributed by atoms with Gasteiger partial charge in [0.15, 0.2) is 0 Å². The summed E-state index contributed by atoms with van der Waals surface area (Å²) in [5.41, 5.74) is 1.66. The average molecular weight is 333 g/mol. The summed E-state index contributed by atoms with van der Waals surface area (Å²) in [6.45, 7) is 0. The van der Waals surface area contributed by atoms with E-state index in [1.165, 1.54) is 19.2 Å². The van der Waals surface area contributed by atoms with E-state index in [0.29, 0.717) is 27.5 Å². The standard InChI is InChI=1S/C17H14ClFN2O2/c1-21-14-5-4-12(19)7-10(14)8-15(21)17(22)20-13-9-11(18)3-6-16(13)23-2/h3-9H,1-2H3,(H,20,22). The second kappa shape index (κ2) is 5.93. The zero-order valence-corrected chi connectivity index (χ0v) is 13.3. The van der Waals surface area contributed by atoms with Gasteiger partial charge in [-0.1, -0.05) is 11.6 Å². The van der Waals surface area contributed by atoms with Crippen LogP contribution in [0.2, 0.25) is 5.02 Å². The molecule has 0 aliphatic rings. The van der Waals surface area contributed by atoms with Crippen molar-refractivity contribution in [2.75, 3.05) is 12.4 Å². The van der Waals surface area contributed by atoms with Crippen LogP contribution in [0.4, 0.5) is 10.1 Å². The number of anilines is 1. The lowest BCUT2D eigenvalue weighted by atomic mass is 10.2. The van der Waals surface area contributed by atoms with Crippen molar-refractivity contribution < 1.29 is 13.9 Å². The van der Waals surface area contributed by atoms with E-state index < -0.39 is 0 Å². The van der Waals surface area contributed by atoms with Gasteiger partial charge in [0.1, 0.15) is 17.3 Å². The lowest BCUT2D eigenvalue weighted by molar-refractivity contribution is 0.101. The molecule has 0 aliphatic heterocycles. The second-order valence-electron chi connectivity index (χ2n) is 5.09. The molecule has 0 fully saturated rings. The quantitative estimate of drug-likeness (QED) is 0.780. The summed E-state index contributed by atoms with van der Waals surface area (Å²) < 4.78 is 20.2. The van der Waals surface area contributed by atoms with Gasteiger partial charge in [0, 0.05) is 23.0 Å². The van der Waals surface area contributed by atoms with Crippen molar-refractivity contribution >= 4 is 34.1 Å². The Morgan fingerprint density at radius 2 is 2.00 bits per heavy atom. The van der Waals surface area contributed by atoms with Crippen LogP contribution in [0.3, 0.4) is 0 Å². The van der Waals surface area contributed by atoms with E-state index in [1.807, 2.05) is 0 Å². The minimum atomic E-state index is -0.341. The average Bonchev–Trinajstić information content (AvgIpc) is 2.84. The Balaban J connectivity index is 1.98. The van der Waals surface area contributed by atoms with Gasteiger partial charge in [-0.25, -0.2) is 4.39 Å². The summed E-state index contributed by atoms with van der Waals surface area (Å²) in [6.07, 6.45) is 0. The number of carbonyl (C=O) groups excluding carboxylic acids is 1. The molecule has 1 aromatic heterocycles. The molecule has 0 saturated carbocycles. The van der Waals surface area contributed by atoms with Gasteiger partial charge in [-0.3, -0.25) is 4.79 Å². The highest BCUT2D eigenvalue weighted by Crippen LogP contribution is 2.28. The molecule has 1 heterocycles. The molecular weight excluding hydrogens is 319 g/mol. The van der Waals surface area contributed by atoms with Gasteiger partial charge in [-0.2, -0.15) is 0 Å². The fourth-order valence-electron chi connectivity index (χ4n) is 2.50. The first-order valence-corrected chi connectivity index (χ1v) is 7.27. The van der Waals surface area contributed by atoms with Gasteiger partial charge < -0.3 is 14.6 Å². The van der Waals surface area contributed by atoms with Crippen LogP contribution in [-0.4, -0.2) is 17.6 Å². The fourth-order valence-corrected chi connectivity index (χ4v) is 2.67. The lowest BCUT2D eigenvalue weighted by Crippen LogP contribution is -2.16. The third-order valence-electron chi connectivity index (χ3n) is 3.65. The van der Waals surface area contributed by atoms with Crippen LogP contribution in [0.1, 0.15) is 10.5 Å². The van der Waals surface area contributed by atoms with E-state index >= 15 is 0 Å². The molecule has 0 radical (unpaired) electrons. The number of rotatable bonds is 3. The first-order chi connectivity index (χ1) is 11.0. The van der Waals surface area contributed by atoms with Crippen LogP contribution < -0.4 is 10.1 Å². The molecule has 23 heavy (non-hydrogen) atoms. The minimum absolute atomic E-state index is 0.329. The van der Waals surface area contributed by atoms with Crippen LogP contribution in [0.25, 0.3) is 10.9 Å². The maximum atomic E-state index is 13.3. The summed E-state index contributed by atoms with van der Waals surface area (Å²) in [5, 5.41) is 3.92. The SMILES string of the molecule is COc1ccc(Cl)cc1NC(=O)c1cc2cc(F)ccc2n1C. The Kier molecular flexibility index (Phi) is 3.96. The van der Waals surface area contributed by atoms with E-state index in [0.717, 1.165) is 5.52 Å². The number of benzene rings is 2. The fraction of sp³-hybridized carbons (Fsp3) is 0.118. The molecule has 0 unspecified atom stereocenters. The summed E-state index contributed by atoms with van der Waals surface area (Å²) in [7, 11) is 3.27. The third-order valence-corrected chi connectivity index (χ3v) is 3.88. The number of nitrogens with zero attached hydrogens (tertiary/aromatic N) is 1. The highest BCUT2D eigenvalue weighted by Gasteiger charge is 2.16. The first-order valence-electron chi connectivity index (χ1n) is 6.89. The van der Waals surface area contributed by atoms with Crippen molar-refractivity contribution in [3.63, 3.8) is 0 Å². The van der Waals surface area contributed by atoms with Crippen LogP contribution in [0.5, 0.6) is 5.75 Å². The van der Waals surface area contributed by atoms with E-state index in [9.17, 15) is 9.18 Å². The van der Waals surface area contributed by atoms with Gasteiger partial charge in [-0.05, 0) is 42.5 Å². The molecule has 0 atom stereocenters. The van der Waals surface area contributed by atoms with E-state index in [-0.39, 0.29) is 11.7 Å². The monoisotopic (exact) mass is 332 g/mol. The number of nitrogens with one attached hydrogen (secondary N) is 1. The predicted octanol–water partition coefficient (Wildman–Crippen LogP) is 4.23.